The molecule has 7 N–H and O–H groups in total. The average Bonchev–Trinajstić information content (AvgIpc) is 3.98. The molecule has 5 fully saturated rings. The van der Waals surface area contributed by atoms with Crippen LogP contribution in [0.5, 0.6) is 5.75 Å². The van der Waals surface area contributed by atoms with Crippen molar-refractivity contribution in [2.45, 2.75) is 165 Å². The number of ketones is 1. The van der Waals surface area contributed by atoms with Gasteiger partial charge in [-0.2, -0.15) is 8.42 Å². The van der Waals surface area contributed by atoms with Crippen molar-refractivity contribution in [2.75, 3.05) is 17.3 Å². The molecule has 1 saturated heterocycles. The number of sulfonamides is 1. The molecule has 21 nitrogen and oxygen atoms in total. The van der Waals surface area contributed by atoms with E-state index in [4.69, 9.17) is 0 Å². The fraction of sp³-hybridized carbons (Fsp3) is 0.536. The van der Waals surface area contributed by atoms with E-state index < -0.39 is 74.6 Å². The number of Topliss-reactive ketones (excluding diaryl/α,β-unsaturated/α-hetero) is 1. The highest BCUT2D eigenvalue weighted by Crippen LogP contribution is 2.43. The van der Waals surface area contributed by atoms with Gasteiger partial charge in [0.1, 0.15) is 40.0 Å². The van der Waals surface area contributed by atoms with Crippen LogP contribution in [0.1, 0.15) is 140 Å². The molecule has 0 bridgehead atoms. The minimum absolute atomic E-state index is 0.0132. The van der Waals surface area contributed by atoms with E-state index in [0.29, 0.717) is 36.0 Å². The number of aromatic hydroxyl groups is 1. The lowest BCUT2D eigenvalue weighted by molar-refractivity contribution is -0.146. The number of nitrogens with one attached hydrogen (secondary N) is 6. The second-order valence-electron chi connectivity index (χ2n) is 22.7. The first-order valence-electron chi connectivity index (χ1n) is 27.5. The fourth-order valence-corrected chi connectivity index (χ4v) is 12.6. The van der Waals surface area contributed by atoms with Crippen molar-refractivity contribution < 1.29 is 42.3 Å². The number of anilines is 1. The number of carbonyl (C=O) groups excluding carboxylic acids is 6. The lowest BCUT2D eigenvalue weighted by Crippen LogP contribution is -2.62. The molecule has 10 rings (SSSR count). The Kier molecular flexibility index (Phi) is 16.7. The summed E-state index contributed by atoms with van der Waals surface area (Å²) in [6.07, 6.45) is 16.8. The minimum atomic E-state index is -4.01. The highest BCUT2D eigenvalue weighted by atomic mass is 32.2. The first-order chi connectivity index (χ1) is 37.3. The van der Waals surface area contributed by atoms with Gasteiger partial charge >= 0.3 is 0 Å². The highest BCUT2D eigenvalue weighted by molar-refractivity contribution is 7.90. The number of carbonyl (C=O) groups is 6. The van der Waals surface area contributed by atoms with Crippen LogP contribution in [-0.4, -0.2) is 117 Å². The summed E-state index contributed by atoms with van der Waals surface area (Å²) in [5.41, 5.74) is 2.64. The summed E-state index contributed by atoms with van der Waals surface area (Å²) >= 11 is 0. The van der Waals surface area contributed by atoms with E-state index in [1.807, 2.05) is 27.7 Å². The predicted octanol–water partition coefficient (Wildman–Crippen LogP) is 4.81. The molecule has 2 aromatic carbocycles. The zero-order valence-corrected chi connectivity index (χ0v) is 45.4. The van der Waals surface area contributed by atoms with E-state index in [9.17, 15) is 47.1 Å². The monoisotopic (exact) mass is 1090 g/mol. The van der Waals surface area contributed by atoms with Gasteiger partial charge in [0.25, 0.3) is 27.4 Å². The van der Waals surface area contributed by atoms with Crippen LogP contribution in [0.3, 0.4) is 0 Å². The summed E-state index contributed by atoms with van der Waals surface area (Å²) < 4.78 is 30.4. The summed E-state index contributed by atoms with van der Waals surface area (Å²) in [6, 6.07) is 9.71. The van der Waals surface area contributed by atoms with Crippen molar-refractivity contribution in [1.82, 2.24) is 40.8 Å². The van der Waals surface area contributed by atoms with Crippen LogP contribution in [0, 0.1) is 23.2 Å². The standard InChI is InChI=1S/C36H53N7O6.C20H18N4O4S/c1-5-10-25(29(44)34(48)39-23-15-16-23)40-33(47)28-24-14-9-13-22(24)20-43(28)35(49)30(36(2,3)4)42-32(46)27(21-11-7-6-8-12-21)41-31(45)26-19-37-17-18-38-26;25-18-13-8-1-3-10-15(13)24(22-12-6-5-7-12)20(26)17(18)19-21-14-9-2-4-11-16(14)29(27,28)23-19/h17-19,21-25,27-28,30H,5-16,20H2,1-4H3,(H,39,48)(H,40,47)(H,41,45)(H,42,46);1-4,8-12,22,25H,5-7H2,(H,21,23)/t22-,24-,25-,27-,28-,30+;/m0./s1. The van der Waals surface area contributed by atoms with Crippen molar-refractivity contribution >= 4 is 67.8 Å². The molecule has 5 amide bonds. The largest absolute Gasteiger partial charge is 0.506 e. The van der Waals surface area contributed by atoms with Gasteiger partial charge in [-0.25, -0.2) is 9.66 Å². The molecule has 78 heavy (non-hydrogen) atoms. The maximum Gasteiger partial charge on any atom is 0.289 e. The number of hydrogen-bond donors (Lipinski definition) is 7. The van der Waals surface area contributed by atoms with Crippen molar-refractivity contribution in [3.8, 4) is 5.75 Å². The minimum Gasteiger partial charge on any atom is -0.506 e. The third kappa shape index (κ3) is 12.1. The van der Waals surface area contributed by atoms with Crippen molar-refractivity contribution in [3.63, 3.8) is 0 Å². The lowest BCUT2D eigenvalue weighted by atomic mass is 9.82. The van der Waals surface area contributed by atoms with E-state index in [2.05, 4.69) is 46.4 Å². The Bertz CT molecular complexity index is 3150. The molecular formula is C56H71N11O10S. The molecule has 2 aliphatic heterocycles. The van der Waals surface area contributed by atoms with E-state index >= 15 is 0 Å². The Balaban J connectivity index is 0.000000215. The maximum atomic E-state index is 14.6. The second-order valence-corrected chi connectivity index (χ2v) is 24.2. The highest BCUT2D eigenvalue weighted by Gasteiger charge is 2.52. The van der Waals surface area contributed by atoms with Crippen molar-refractivity contribution in [3.05, 3.63) is 88.7 Å². The number of amides is 5. The van der Waals surface area contributed by atoms with Gasteiger partial charge in [-0.3, -0.25) is 38.5 Å². The average molecular weight is 1090 g/mol. The molecule has 0 radical (unpaired) electrons. The molecule has 0 unspecified atom stereocenters. The van der Waals surface area contributed by atoms with Gasteiger partial charge in [-0.05, 0) is 112 Å². The molecule has 6 aliphatic rings. The quantitative estimate of drug-likeness (QED) is 0.0742. The van der Waals surface area contributed by atoms with Crippen molar-refractivity contribution in [1.29, 1.82) is 0 Å². The van der Waals surface area contributed by atoms with Gasteiger partial charge < -0.3 is 42.0 Å². The predicted molar refractivity (Wildman–Crippen MR) is 291 cm³/mol. The molecule has 4 saturated carbocycles. The molecule has 416 valence electrons. The number of likely N-dealkylation sites (tertiary alicyclic amines) is 1. The smallest absolute Gasteiger partial charge is 0.289 e. The SMILES string of the molecule is CCC[C@H](NC(=O)[C@@H]1[C@H]2CCC[C@H]2CN1C(=O)[C@@H](NC(=O)[C@@H](NC(=O)c1cnccn1)C1CCCCC1)C(C)(C)C)C(=O)C(=O)NC1CC1.O=c1c(C2=NS(=O)(=O)c3ccccc3N2)c(O)c2ccccc2n1NC1CCC1. The van der Waals surface area contributed by atoms with Gasteiger partial charge in [0.2, 0.25) is 23.5 Å². The summed E-state index contributed by atoms with van der Waals surface area (Å²) in [6.45, 7) is 7.85. The fourth-order valence-electron chi connectivity index (χ4n) is 11.5. The number of aromatic nitrogens is 3. The molecule has 4 aliphatic carbocycles. The van der Waals surface area contributed by atoms with E-state index in [1.54, 1.807) is 47.4 Å². The van der Waals surface area contributed by atoms with E-state index in [0.717, 1.165) is 83.5 Å². The van der Waals surface area contributed by atoms with Gasteiger partial charge in [0.15, 0.2) is 5.84 Å². The molecule has 6 atom stereocenters. The van der Waals surface area contributed by atoms with Crippen molar-refractivity contribution in [2.24, 2.45) is 27.6 Å². The summed E-state index contributed by atoms with van der Waals surface area (Å²) in [4.78, 5) is 105. The third-order valence-electron chi connectivity index (χ3n) is 16.0. The number of rotatable bonds is 16. The topological polar surface area (TPSA) is 292 Å². The van der Waals surface area contributed by atoms with Gasteiger partial charge in [-0.15, -0.1) is 4.40 Å². The summed E-state index contributed by atoms with van der Waals surface area (Å²) in [5.74, 6) is -3.70. The molecule has 22 heteroatoms. The Hall–Kier alpha value is -7.23. The summed E-state index contributed by atoms with van der Waals surface area (Å²) in [5, 5.41) is 25.7. The maximum absolute atomic E-state index is 14.6. The number of nitrogens with zero attached hydrogens (tertiary/aromatic N) is 5. The van der Waals surface area contributed by atoms with Gasteiger partial charge in [0.05, 0.1) is 23.4 Å². The normalized spacial score (nSPS) is 21.8. The third-order valence-corrected chi connectivity index (χ3v) is 17.3. The van der Waals surface area contributed by atoms with Crippen LogP contribution >= 0.6 is 0 Å². The van der Waals surface area contributed by atoms with Crippen LogP contribution in [0.2, 0.25) is 0 Å². The Labute approximate surface area is 453 Å². The van der Waals surface area contributed by atoms with Crippen LogP contribution < -0.4 is 37.6 Å². The molecule has 0 spiro atoms. The number of pyridine rings is 1. The molecule has 4 heterocycles. The summed E-state index contributed by atoms with van der Waals surface area (Å²) in [7, 11) is -4.01. The Morgan fingerprint density at radius 1 is 0.833 bits per heavy atom. The molecular weight excluding hydrogens is 1020 g/mol. The molecule has 2 aromatic heterocycles. The number of amidine groups is 1. The Morgan fingerprint density at radius 3 is 2.23 bits per heavy atom. The number of para-hydroxylation sites is 2. The van der Waals surface area contributed by atoms with E-state index in [1.165, 1.54) is 29.3 Å². The van der Waals surface area contributed by atoms with Crippen LogP contribution in [-0.2, 0) is 34.0 Å². The lowest BCUT2D eigenvalue weighted by Gasteiger charge is -2.38. The van der Waals surface area contributed by atoms with Crippen LogP contribution in [0.15, 0.2) is 81.2 Å². The number of hydrogen-bond acceptors (Lipinski definition) is 14. The van der Waals surface area contributed by atoms with Gasteiger partial charge in [0, 0.05) is 36.4 Å². The van der Waals surface area contributed by atoms with E-state index in [-0.39, 0.29) is 63.5 Å². The zero-order valence-electron chi connectivity index (χ0n) is 44.6. The number of fused-ring (bicyclic) bond motifs is 3. The van der Waals surface area contributed by atoms with Crippen LogP contribution in [0.25, 0.3) is 10.9 Å². The second kappa shape index (κ2) is 23.4. The molecule has 4 aromatic rings. The Morgan fingerprint density at radius 2 is 1.55 bits per heavy atom. The zero-order chi connectivity index (χ0) is 55.5. The first-order valence-corrected chi connectivity index (χ1v) is 29.0. The number of benzene rings is 2. The van der Waals surface area contributed by atoms with Gasteiger partial charge in [-0.1, -0.05) is 84.1 Å². The first kappa shape index (κ1) is 55.5. The van der Waals surface area contributed by atoms with Crippen LogP contribution in [0.4, 0.5) is 5.69 Å².